The number of esters is 1. The molecule has 142 valence electrons. The summed E-state index contributed by atoms with van der Waals surface area (Å²) in [6.07, 6.45) is 2.50. The maximum Gasteiger partial charge on any atom is 0.387 e. The quantitative estimate of drug-likeness (QED) is 0.521. The van der Waals surface area contributed by atoms with Crippen LogP contribution < -0.4 is 10.1 Å². The molecule has 0 radical (unpaired) electrons. The minimum Gasteiger partial charge on any atom is -0.452 e. The molecular formula is C18H13Cl2F2NO4. The number of benzene rings is 2. The van der Waals surface area contributed by atoms with Crippen molar-refractivity contribution in [2.75, 3.05) is 11.9 Å². The second-order valence-electron chi connectivity index (χ2n) is 5.03. The Balaban J connectivity index is 1.88. The van der Waals surface area contributed by atoms with Crippen LogP contribution in [0.15, 0.2) is 48.5 Å². The Kier molecular flexibility index (Phi) is 7.57. The van der Waals surface area contributed by atoms with Crippen molar-refractivity contribution in [1.82, 2.24) is 0 Å². The molecule has 0 bridgehead atoms. The number of amides is 1. The fourth-order valence-corrected chi connectivity index (χ4v) is 2.41. The number of ether oxygens (including phenoxy) is 2. The van der Waals surface area contributed by atoms with Gasteiger partial charge in [0.05, 0.1) is 5.69 Å². The van der Waals surface area contributed by atoms with E-state index in [1.807, 2.05) is 0 Å². The maximum absolute atomic E-state index is 12.3. The van der Waals surface area contributed by atoms with Crippen molar-refractivity contribution in [2.24, 2.45) is 0 Å². The fourth-order valence-electron chi connectivity index (χ4n) is 1.93. The topological polar surface area (TPSA) is 64.6 Å². The van der Waals surface area contributed by atoms with Gasteiger partial charge in [0, 0.05) is 16.1 Å². The molecule has 2 rings (SSSR count). The summed E-state index contributed by atoms with van der Waals surface area (Å²) >= 11 is 11.7. The monoisotopic (exact) mass is 415 g/mol. The average Bonchev–Trinajstić information content (AvgIpc) is 2.60. The van der Waals surface area contributed by atoms with E-state index >= 15 is 0 Å². The second kappa shape index (κ2) is 9.89. The Morgan fingerprint density at radius 3 is 2.59 bits per heavy atom. The molecule has 0 atom stereocenters. The predicted octanol–water partition coefficient (Wildman–Crippen LogP) is 4.79. The lowest BCUT2D eigenvalue weighted by Gasteiger charge is -2.11. The van der Waals surface area contributed by atoms with Crippen LogP contribution in [0.5, 0.6) is 5.75 Å². The van der Waals surface area contributed by atoms with Gasteiger partial charge in [0.2, 0.25) is 0 Å². The van der Waals surface area contributed by atoms with E-state index in [2.05, 4.69) is 10.1 Å². The van der Waals surface area contributed by atoms with Gasteiger partial charge in [0.1, 0.15) is 5.75 Å². The Morgan fingerprint density at radius 2 is 1.89 bits per heavy atom. The highest BCUT2D eigenvalue weighted by molar-refractivity contribution is 6.35. The van der Waals surface area contributed by atoms with Crippen LogP contribution in [0.25, 0.3) is 6.08 Å². The van der Waals surface area contributed by atoms with Crippen molar-refractivity contribution in [1.29, 1.82) is 0 Å². The summed E-state index contributed by atoms with van der Waals surface area (Å²) in [4.78, 5) is 23.5. The van der Waals surface area contributed by atoms with E-state index in [-0.39, 0.29) is 11.4 Å². The summed E-state index contributed by atoms with van der Waals surface area (Å²) in [5, 5.41) is 3.12. The second-order valence-corrected chi connectivity index (χ2v) is 5.87. The zero-order chi connectivity index (χ0) is 19.8. The molecule has 0 saturated heterocycles. The summed E-state index contributed by atoms with van der Waals surface area (Å²) in [6, 6.07) is 10.4. The number of rotatable bonds is 7. The molecule has 9 heteroatoms. The van der Waals surface area contributed by atoms with Crippen molar-refractivity contribution in [3.63, 3.8) is 0 Å². The molecule has 2 aromatic carbocycles. The number of carbonyl (C=O) groups is 2. The van der Waals surface area contributed by atoms with E-state index < -0.39 is 25.1 Å². The molecule has 1 N–H and O–H groups in total. The fraction of sp³-hybridized carbons (Fsp3) is 0.111. The minimum absolute atomic E-state index is 0.0299. The zero-order valence-electron chi connectivity index (χ0n) is 13.6. The standard InChI is InChI=1S/C18H13Cl2F2NO4/c19-12-7-5-11(13(20)9-12)6-8-17(25)26-10-16(24)23-14-3-1-2-4-15(14)27-18(21)22/h1-9,18H,10H2,(H,23,24). The van der Waals surface area contributed by atoms with Gasteiger partial charge >= 0.3 is 12.6 Å². The molecule has 0 saturated carbocycles. The van der Waals surface area contributed by atoms with Crippen LogP contribution in [0.2, 0.25) is 10.0 Å². The lowest BCUT2D eigenvalue weighted by molar-refractivity contribution is -0.142. The van der Waals surface area contributed by atoms with Gasteiger partial charge in [0.25, 0.3) is 5.91 Å². The van der Waals surface area contributed by atoms with Crippen LogP contribution in [0.4, 0.5) is 14.5 Å². The van der Waals surface area contributed by atoms with Crippen molar-refractivity contribution in [3.05, 3.63) is 64.1 Å². The molecule has 0 aromatic heterocycles. The molecule has 0 spiro atoms. The van der Waals surface area contributed by atoms with Crippen molar-refractivity contribution < 1.29 is 27.8 Å². The van der Waals surface area contributed by atoms with Gasteiger partial charge in [-0.25, -0.2) is 4.79 Å². The number of hydrogen-bond donors (Lipinski definition) is 1. The minimum atomic E-state index is -3.04. The number of para-hydroxylation sites is 2. The van der Waals surface area contributed by atoms with Gasteiger partial charge in [-0.1, -0.05) is 41.4 Å². The van der Waals surface area contributed by atoms with Crippen LogP contribution in [0.3, 0.4) is 0 Å². The number of alkyl halides is 2. The Morgan fingerprint density at radius 1 is 1.15 bits per heavy atom. The van der Waals surface area contributed by atoms with E-state index in [0.717, 1.165) is 6.08 Å². The molecule has 1 amide bonds. The third-order valence-corrected chi connectivity index (χ3v) is 3.65. The van der Waals surface area contributed by atoms with Crippen LogP contribution in [-0.4, -0.2) is 25.1 Å². The first kappa shape index (κ1) is 20.7. The normalized spacial score (nSPS) is 10.9. The van der Waals surface area contributed by atoms with Crippen LogP contribution in [0, 0.1) is 0 Å². The van der Waals surface area contributed by atoms with Gasteiger partial charge in [-0.2, -0.15) is 8.78 Å². The first-order valence-corrected chi connectivity index (χ1v) is 8.24. The average molecular weight is 416 g/mol. The smallest absolute Gasteiger partial charge is 0.387 e. The molecule has 2 aromatic rings. The summed E-state index contributed by atoms with van der Waals surface area (Å²) in [6.45, 7) is -3.65. The highest BCUT2D eigenvalue weighted by atomic mass is 35.5. The van der Waals surface area contributed by atoms with Crippen LogP contribution >= 0.6 is 23.2 Å². The predicted molar refractivity (Wildman–Crippen MR) is 98.2 cm³/mol. The van der Waals surface area contributed by atoms with Gasteiger partial charge in [-0.05, 0) is 35.9 Å². The first-order chi connectivity index (χ1) is 12.8. The van der Waals surface area contributed by atoms with Crippen LogP contribution in [0.1, 0.15) is 5.56 Å². The van der Waals surface area contributed by atoms with E-state index in [1.54, 1.807) is 12.1 Å². The molecular weight excluding hydrogens is 403 g/mol. The molecule has 0 aliphatic carbocycles. The summed E-state index contributed by atoms with van der Waals surface area (Å²) in [7, 11) is 0. The van der Waals surface area contributed by atoms with Gasteiger partial charge in [-0.3, -0.25) is 4.79 Å². The molecule has 0 fully saturated rings. The Bertz CT molecular complexity index is 859. The van der Waals surface area contributed by atoms with Gasteiger partial charge in [0.15, 0.2) is 6.61 Å². The number of carbonyl (C=O) groups excluding carboxylic acids is 2. The van der Waals surface area contributed by atoms with Gasteiger partial charge < -0.3 is 14.8 Å². The number of hydrogen-bond acceptors (Lipinski definition) is 4. The highest BCUT2D eigenvalue weighted by Crippen LogP contribution is 2.25. The number of halogens is 4. The molecule has 5 nitrogen and oxygen atoms in total. The first-order valence-electron chi connectivity index (χ1n) is 7.48. The lowest BCUT2D eigenvalue weighted by Crippen LogP contribution is -2.20. The van der Waals surface area contributed by atoms with E-state index in [0.29, 0.717) is 15.6 Å². The van der Waals surface area contributed by atoms with Crippen molar-refractivity contribution in [2.45, 2.75) is 6.61 Å². The Hall–Kier alpha value is -2.64. The zero-order valence-corrected chi connectivity index (χ0v) is 15.1. The Labute approximate surface area is 163 Å². The SMILES string of the molecule is O=C(COC(=O)C=Cc1ccc(Cl)cc1Cl)Nc1ccccc1OC(F)F. The van der Waals surface area contributed by atoms with Crippen LogP contribution in [-0.2, 0) is 14.3 Å². The maximum atomic E-state index is 12.3. The third-order valence-electron chi connectivity index (χ3n) is 3.08. The number of anilines is 1. The van der Waals surface area contributed by atoms with Crippen molar-refractivity contribution in [3.8, 4) is 5.75 Å². The molecule has 0 aliphatic heterocycles. The lowest BCUT2D eigenvalue weighted by atomic mass is 10.2. The molecule has 27 heavy (non-hydrogen) atoms. The van der Waals surface area contributed by atoms with E-state index in [1.165, 1.54) is 36.4 Å². The summed E-state index contributed by atoms with van der Waals surface area (Å²) in [5.41, 5.74) is 0.572. The molecule has 0 heterocycles. The highest BCUT2D eigenvalue weighted by Gasteiger charge is 2.12. The van der Waals surface area contributed by atoms with Crippen molar-refractivity contribution >= 4 is 46.8 Å². The largest absolute Gasteiger partial charge is 0.452 e. The molecule has 0 unspecified atom stereocenters. The van der Waals surface area contributed by atoms with E-state index in [4.69, 9.17) is 27.9 Å². The van der Waals surface area contributed by atoms with E-state index in [9.17, 15) is 18.4 Å². The third kappa shape index (κ3) is 6.88. The number of nitrogens with one attached hydrogen (secondary N) is 1. The summed E-state index contributed by atoms with van der Waals surface area (Å²) in [5.74, 6) is -1.70. The summed E-state index contributed by atoms with van der Waals surface area (Å²) < 4.78 is 33.8. The van der Waals surface area contributed by atoms with Gasteiger partial charge in [-0.15, -0.1) is 0 Å². The molecule has 0 aliphatic rings.